The number of aromatic nitrogens is 3. The summed E-state index contributed by atoms with van der Waals surface area (Å²) in [4.78, 5) is 0. The van der Waals surface area contributed by atoms with Gasteiger partial charge in [0.15, 0.2) is 0 Å². The first-order valence-corrected chi connectivity index (χ1v) is 5.79. The van der Waals surface area contributed by atoms with E-state index >= 15 is 0 Å². The minimum absolute atomic E-state index is 0.323. The van der Waals surface area contributed by atoms with Crippen molar-refractivity contribution in [3.05, 3.63) is 29.0 Å². The number of hydrogen-bond donors (Lipinski definition) is 1. The molecule has 0 aliphatic rings. The molecule has 0 saturated carbocycles. The monoisotopic (exact) mass is 292 g/mol. The van der Waals surface area contributed by atoms with E-state index in [1.807, 2.05) is 29.9 Å². The highest BCUT2D eigenvalue weighted by atomic mass is 79.9. The standard InChI is InChI=1S/C11H9BrN4O/c1-16-9-3-2-6(4-7(9)10(12)15-16)8-5-14-17-11(8)13/h2-5H,13H2,1H3. The summed E-state index contributed by atoms with van der Waals surface area (Å²) in [5.74, 6) is 0.323. The number of aryl methyl sites for hydroxylation is 1. The zero-order chi connectivity index (χ0) is 12.0. The lowest BCUT2D eigenvalue weighted by atomic mass is 10.1. The highest BCUT2D eigenvalue weighted by Crippen LogP contribution is 2.31. The van der Waals surface area contributed by atoms with E-state index < -0.39 is 0 Å². The summed E-state index contributed by atoms with van der Waals surface area (Å²) in [5, 5.41) is 9.00. The number of hydrogen-bond acceptors (Lipinski definition) is 4. The molecule has 3 aromatic rings. The Morgan fingerprint density at radius 2 is 2.24 bits per heavy atom. The third-order valence-corrected chi connectivity index (χ3v) is 3.30. The molecule has 0 amide bonds. The van der Waals surface area contributed by atoms with Crippen LogP contribution in [-0.2, 0) is 7.05 Å². The summed E-state index contributed by atoms with van der Waals surface area (Å²) in [5.41, 5.74) is 8.51. The van der Waals surface area contributed by atoms with Gasteiger partial charge in [0.25, 0.3) is 0 Å². The maximum Gasteiger partial charge on any atom is 0.229 e. The van der Waals surface area contributed by atoms with E-state index in [9.17, 15) is 0 Å². The second-order valence-electron chi connectivity index (χ2n) is 3.75. The largest absolute Gasteiger partial charge is 0.367 e. The van der Waals surface area contributed by atoms with Crippen molar-refractivity contribution in [2.75, 3.05) is 5.73 Å². The molecule has 0 unspecified atom stereocenters. The number of nitrogen functional groups attached to an aromatic ring is 1. The van der Waals surface area contributed by atoms with Crippen LogP contribution in [0.4, 0.5) is 5.88 Å². The Morgan fingerprint density at radius 3 is 2.94 bits per heavy atom. The topological polar surface area (TPSA) is 69.9 Å². The highest BCUT2D eigenvalue weighted by Gasteiger charge is 2.11. The fourth-order valence-electron chi connectivity index (χ4n) is 1.86. The summed E-state index contributed by atoms with van der Waals surface area (Å²) in [6.45, 7) is 0. The van der Waals surface area contributed by atoms with E-state index in [1.54, 1.807) is 6.20 Å². The van der Waals surface area contributed by atoms with Gasteiger partial charge in [-0.15, -0.1) is 0 Å². The van der Waals surface area contributed by atoms with Gasteiger partial charge >= 0.3 is 0 Å². The van der Waals surface area contributed by atoms with Crippen LogP contribution in [-0.4, -0.2) is 14.9 Å². The molecule has 0 radical (unpaired) electrons. The lowest BCUT2D eigenvalue weighted by Gasteiger charge is -1.99. The van der Waals surface area contributed by atoms with Crippen molar-refractivity contribution >= 4 is 32.7 Å². The first-order valence-electron chi connectivity index (χ1n) is 4.99. The zero-order valence-electron chi connectivity index (χ0n) is 9.01. The molecule has 1 aromatic carbocycles. The van der Waals surface area contributed by atoms with Gasteiger partial charge in [0.1, 0.15) is 4.60 Å². The quantitative estimate of drug-likeness (QED) is 0.748. The maximum absolute atomic E-state index is 5.70. The molecule has 0 bridgehead atoms. The van der Waals surface area contributed by atoms with Crippen LogP contribution < -0.4 is 5.73 Å². The van der Waals surface area contributed by atoms with E-state index in [0.29, 0.717) is 5.88 Å². The normalized spacial score (nSPS) is 11.2. The molecule has 2 aromatic heterocycles. The van der Waals surface area contributed by atoms with Crippen LogP contribution in [0.25, 0.3) is 22.0 Å². The van der Waals surface area contributed by atoms with Crippen molar-refractivity contribution in [1.29, 1.82) is 0 Å². The van der Waals surface area contributed by atoms with E-state index in [1.165, 1.54) is 0 Å². The van der Waals surface area contributed by atoms with Gasteiger partial charge in [0, 0.05) is 12.4 Å². The molecule has 0 saturated heterocycles. The Kier molecular flexibility index (Phi) is 2.19. The van der Waals surface area contributed by atoms with Gasteiger partial charge in [-0.25, -0.2) is 0 Å². The molecule has 0 atom stereocenters. The average molecular weight is 293 g/mol. The molecular weight excluding hydrogens is 284 g/mol. The predicted octanol–water partition coefficient (Wildman–Crippen LogP) is 2.57. The first kappa shape index (κ1) is 10.3. The third kappa shape index (κ3) is 1.52. The van der Waals surface area contributed by atoms with Gasteiger partial charge in [0.05, 0.1) is 17.3 Å². The van der Waals surface area contributed by atoms with Gasteiger partial charge in [0.2, 0.25) is 5.88 Å². The molecule has 2 N–H and O–H groups in total. The zero-order valence-corrected chi connectivity index (χ0v) is 10.6. The van der Waals surface area contributed by atoms with Crippen molar-refractivity contribution in [2.24, 2.45) is 7.05 Å². The van der Waals surface area contributed by atoms with Gasteiger partial charge in [-0.2, -0.15) is 5.10 Å². The molecule has 0 aliphatic carbocycles. The summed E-state index contributed by atoms with van der Waals surface area (Å²) in [6, 6.07) is 5.98. The second-order valence-corrected chi connectivity index (χ2v) is 4.50. The maximum atomic E-state index is 5.70. The average Bonchev–Trinajstić information content (AvgIpc) is 2.84. The lowest BCUT2D eigenvalue weighted by Crippen LogP contribution is -1.89. The van der Waals surface area contributed by atoms with E-state index in [0.717, 1.165) is 26.6 Å². The number of anilines is 1. The van der Waals surface area contributed by atoms with Crippen LogP contribution in [0.15, 0.2) is 33.5 Å². The van der Waals surface area contributed by atoms with Crippen LogP contribution in [0.2, 0.25) is 0 Å². The molecule has 86 valence electrons. The number of fused-ring (bicyclic) bond motifs is 1. The molecule has 6 heteroatoms. The van der Waals surface area contributed by atoms with E-state index in [2.05, 4.69) is 26.2 Å². The Hall–Kier alpha value is -1.82. The van der Waals surface area contributed by atoms with Crippen LogP contribution in [0, 0.1) is 0 Å². The molecule has 0 aliphatic heterocycles. The molecule has 17 heavy (non-hydrogen) atoms. The first-order chi connectivity index (χ1) is 8.16. The Morgan fingerprint density at radius 1 is 1.41 bits per heavy atom. The van der Waals surface area contributed by atoms with Crippen molar-refractivity contribution in [3.8, 4) is 11.1 Å². The van der Waals surface area contributed by atoms with Crippen molar-refractivity contribution in [3.63, 3.8) is 0 Å². The third-order valence-electron chi connectivity index (χ3n) is 2.71. The van der Waals surface area contributed by atoms with E-state index in [4.69, 9.17) is 10.3 Å². The summed E-state index contributed by atoms with van der Waals surface area (Å²) in [7, 11) is 1.90. The van der Waals surface area contributed by atoms with E-state index in [-0.39, 0.29) is 0 Å². The molecule has 0 fully saturated rings. The fourth-order valence-corrected chi connectivity index (χ4v) is 2.41. The van der Waals surface area contributed by atoms with Gasteiger partial charge in [-0.05, 0) is 33.6 Å². The van der Waals surface area contributed by atoms with Crippen molar-refractivity contribution < 1.29 is 4.52 Å². The van der Waals surface area contributed by atoms with Crippen LogP contribution in [0.1, 0.15) is 0 Å². The van der Waals surface area contributed by atoms with Crippen LogP contribution in [0.3, 0.4) is 0 Å². The number of nitrogens with zero attached hydrogens (tertiary/aromatic N) is 3. The molecule has 3 rings (SSSR count). The molecular formula is C11H9BrN4O. The Bertz CT molecular complexity index is 701. The van der Waals surface area contributed by atoms with Gasteiger partial charge in [-0.3, -0.25) is 4.68 Å². The van der Waals surface area contributed by atoms with Gasteiger partial charge in [-0.1, -0.05) is 11.2 Å². The van der Waals surface area contributed by atoms with Crippen molar-refractivity contribution in [2.45, 2.75) is 0 Å². The highest BCUT2D eigenvalue weighted by molar-refractivity contribution is 9.10. The number of nitrogens with two attached hydrogens (primary N) is 1. The Labute approximate surface area is 105 Å². The van der Waals surface area contributed by atoms with Crippen LogP contribution in [0.5, 0.6) is 0 Å². The minimum Gasteiger partial charge on any atom is -0.367 e. The molecule has 5 nitrogen and oxygen atoms in total. The number of halogens is 1. The number of benzene rings is 1. The predicted molar refractivity (Wildman–Crippen MR) is 68.3 cm³/mol. The molecule has 2 heterocycles. The molecule has 0 spiro atoms. The number of rotatable bonds is 1. The summed E-state index contributed by atoms with van der Waals surface area (Å²) < 4.78 is 7.49. The smallest absolute Gasteiger partial charge is 0.229 e. The SMILES string of the molecule is Cn1nc(Br)c2cc(-c3cnoc3N)ccc21. The fraction of sp³-hybridized carbons (Fsp3) is 0.0909. The Balaban J connectivity index is 2.27. The summed E-state index contributed by atoms with van der Waals surface area (Å²) >= 11 is 3.43. The minimum atomic E-state index is 0.323. The summed E-state index contributed by atoms with van der Waals surface area (Å²) in [6.07, 6.45) is 1.61. The van der Waals surface area contributed by atoms with Crippen LogP contribution >= 0.6 is 15.9 Å². The second kappa shape index (κ2) is 3.59. The van der Waals surface area contributed by atoms with Crippen molar-refractivity contribution in [1.82, 2.24) is 14.9 Å². The van der Waals surface area contributed by atoms with Gasteiger partial charge < -0.3 is 10.3 Å². The lowest BCUT2D eigenvalue weighted by molar-refractivity contribution is 0.436.